The van der Waals surface area contributed by atoms with Gasteiger partial charge in [-0.3, -0.25) is 4.79 Å². The van der Waals surface area contributed by atoms with E-state index in [2.05, 4.69) is 50.4 Å². The van der Waals surface area contributed by atoms with E-state index in [-0.39, 0.29) is 28.9 Å². The van der Waals surface area contributed by atoms with Gasteiger partial charge in [0.15, 0.2) is 0 Å². The molecule has 1 heterocycles. The van der Waals surface area contributed by atoms with Crippen molar-refractivity contribution in [3.8, 4) is 0 Å². The molecule has 138 valence electrons. The third-order valence-corrected chi connectivity index (χ3v) is 5.94. The number of carbonyl (C=O) groups is 1. The maximum Gasteiger partial charge on any atom is 0.249 e. The van der Waals surface area contributed by atoms with E-state index in [0.29, 0.717) is 13.1 Å². The monoisotopic (exact) mass is 344 g/mol. The number of amides is 1. The SMILES string of the molecule is CC(C)(C)c1ccc(C2(CNC(=O)[C@@H]3CC[C@H](CN)O3)CCC2)cc1. The van der Waals surface area contributed by atoms with E-state index in [1.165, 1.54) is 17.5 Å². The topological polar surface area (TPSA) is 64.4 Å². The second-order valence-electron chi connectivity index (χ2n) is 8.74. The molecule has 4 nitrogen and oxygen atoms in total. The van der Waals surface area contributed by atoms with Crippen LogP contribution in [0, 0.1) is 0 Å². The van der Waals surface area contributed by atoms with Crippen molar-refractivity contribution in [2.24, 2.45) is 5.73 Å². The molecule has 1 amide bonds. The minimum Gasteiger partial charge on any atom is -0.364 e. The maximum atomic E-state index is 12.4. The number of rotatable bonds is 5. The molecule has 0 spiro atoms. The Kier molecular flexibility index (Phi) is 5.21. The van der Waals surface area contributed by atoms with Gasteiger partial charge in [-0.05, 0) is 42.2 Å². The molecule has 1 saturated heterocycles. The molecule has 1 saturated carbocycles. The first kappa shape index (κ1) is 18.4. The maximum absolute atomic E-state index is 12.4. The second-order valence-corrected chi connectivity index (χ2v) is 8.74. The van der Waals surface area contributed by atoms with E-state index < -0.39 is 0 Å². The van der Waals surface area contributed by atoms with E-state index in [4.69, 9.17) is 10.5 Å². The van der Waals surface area contributed by atoms with Gasteiger partial charge >= 0.3 is 0 Å². The lowest BCUT2D eigenvalue weighted by molar-refractivity contribution is -0.132. The zero-order valence-electron chi connectivity index (χ0n) is 15.8. The molecular formula is C21H32N2O2. The molecule has 0 radical (unpaired) electrons. The van der Waals surface area contributed by atoms with Crippen molar-refractivity contribution in [1.29, 1.82) is 0 Å². The molecule has 3 rings (SSSR count). The van der Waals surface area contributed by atoms with Crippen LogP contribution in [-0.4, -0.2) is 31.2 Å². The molecule has 1 aromatic carbocycles. The summed E-state index contributed by atoms with van der Waals surface area (Å²) in [5.74, 6) is 0.0218. The van der Waals surface area contributed by atoms with Crippen LogP contribution in [0.1, 0.15) is 64.0 Å². The van der Waals surface area contributed by atoms with Crippen molar-refractivity contribution in [2.45, 2.75) is 75.9 Å². The van der Waals surface area contributed by atoms with Crippen LogP contribution < -0.4 is 11.1 Å². The molecule has 2 aliphatic rings. The van der Waals surface area contributed by atoms with Gasteiger partial charge in [0.05, 0.1) is 6.10 Å². The van der Waals surface area contributed by atoms with Crippen LogP contribution in [0.2, 0.25) is 0 Å². The Morgan fingerprint density at radius 1 is 1.24 bits per heavy atom. The lowest BCUT2D eigenvalue weighted by atomic mass is 9.64. The van der Waals surface area contributed by atoms with Crippen LogP contribution in [0.25, 0.3) is 0 Å². The first-order valence-corrected chi connectivity index (χ1v) is 9.58. The number of hydrogen-bond donors (Lipinski definition) is 2. The van der Waals surface area contributed by atoms with Crippen LogP contribution in [0.5, 0.6) is 0 Å². The Morgan fingerprint density at radius 2 is 1.92 bits per heavy atom. The standard InChI is InChI=1S/C21H32N2O2/c1-20(2,3)15-5-7-16(8-6-15)21(11-4-12-21)14-23-19(24)18-10-9-17(13-22)25-18/h5-8,17-18H,4,9-14,22H2,1-3H3,(H,23,24)/t17-,18+/m1/s1. The normalized spacial score (nSPS) is 25.4. The van der Waals surface area contributed by atoms with Gasteiger partial charge in [-0.15, -0.1) is 0 Å². The summed E-state index contributed by atoms with van der Waals surface area (Å²) in [6, 6.07) is 8.98. The lowest BCUT2D eigenvalue weighted by Crippen LogP contribution is -2.48. The van der Waals surface area contributed by atoms with Gasteiger partial charge in [0.25, 0.3) is 0 Å². The second kappa shape index (κ2) is 7.08. The highest BCUT2D eigenvalue weighted by molar-refractivity contribution is 5.81. The zero-order chi connectivity index (χ0) is 18.1. The Hall–Kier alpha value is -1.39. The van der Waals surface area contributed by atoms with Gasteiger partial charge in [0.2, 0.25) is 5.91 Å². The number of ether oxygens (including phenoxy) is 1. The summed E-state index contributed by atoms with van der Waals surface area (Å²) in [7, 11) is 0. The number of carbonyl (C=O) groups excluding carboxylic acids is 1. The van der Waals surface area contributed by atoms with Gasteiger partial charge < -0.3 is 15.8 Å². The fourth-order valence-corrected chi connectivity index (χ4v) is 3.94. The van der Waals surface area contributed by atoms with Crippen LogP contribution in [0.4, 0.5) is 0 Å². The summed E-state index contributed by atoms with van der Waals surface area (Å²) in [4.78, 5) is 12.4. The highest BCUT2D eigenvalue weighted by Gasteiger charge is 2.40. The van der Waals surface area contributed by atoms with E-state index in [1.54, 1.807) is 0 Å². The predicted molar refractivity (Wildman–Crippen MR) is 101 cm³/mol. The Bertz CT molecular complexity index is 599. The third kappa shape index (κ3) is 3.90. The Morgan fingerprint density at radius 3 is 2.40 bits per heavy atom. The first-order chi connectivity index (χ1) is 11.8. The molecule has 1 aliphatic carbocycles. The largest absolute Gasteiger partial charge is 0.364 e. The summed E-state index contributed by atoms with van der Waals surface area (Å²) >= 11 is 0. The van der Waals surface area contributed by atoms with Gasteiger partial charge in [-0.25, -0.2) is 0 Å². The van der Waals surface area contributed by atoms with Crippen molar-refractivity contribution in [2.75, 3.05) is 13.1 Å². The Balaban J connectivity index is 1.62. The number of hydrogen-bond acceptors (Lipinski definition) is 3. The van der Waals surface area contributed by atoms with Crippen molar-refractivity contribution < 1.29 is 9.53 Å². The van der Waals surface area contributed by atoms with Gasteiger partial charge in [-0.2, -0.15) is 0 Å². The number of nitrogens with two attached hydrogens (primary N) is 1. The van der Waals surface area contributed by atoms with Crippen molar-refractivity contribution >= 4 is 5.91 Å². The number of benzene rings is 1. The number of nitrogens with one attached hydrogen (secondary N) is 1. The third-order valence-electron chi connectivity index (χ3n) is 5.94. The highest BCUT2D eigenvalue weighted by Crippen LogP contribution is 2.43. The quantitative estimate of drug-likeness (QED) is 0.863. The minimum atomic E-state index is -0.325. The molecule has 2 fully saturated rings. The minimum absolute atomic E-state index is 0.0218. The van der Waals surface area contributed by atoms with Crippen LogP contribution in [0.15, 0.2) is 24.3 Å². The average Bonchev–Trinajstić information content (AvgIpc) is 3.02. The molecule has 0 bridgehead atoms. The van der Waals surface area contributed by atoms with Crippen molar-refractivity contribution in [3.05, 3.63) is 35.4 Å². The lowest BCUT2D eigenvalue weighted by Gasteiger charge is -2.43. The molecule has 3 N–H and O–H groups in total. The fraction of sp³-hybridized carbons (Fsp3) is 0.667. The summed E-state index contributed by atoms with van der Waals surface area (Å²) in [6.45, 7) is 7.90. The van der Waals surface area contributed by atoms with Crippen LogP contribution in [-0.2, 0) is 20.4 Å². The fourth-order valence-electron chi connectivity index (χ4n) is 3.94. The summed E-state index contributed by atoms with van der Waals surface area (Å²) in [5.41, 5.74) is 8.59. The van der Waals surface area contributed by atoms with E-state index in [0.717, 1.165) is 25.7 Å². The summed E-state index contributed by atoms with van der Waals surface area (Å²) in [5, 5.41) is 3.15. The van der Waals surface area contributed by atoms with Crippen LogP contribution in [0.3, 0.4) is 0 Å². The molecular weight excluding hydrogens is 312 g/mol. The first-order valence-electron chi connectivity index (χ1n) is 9.58. The van der Waals surface area contributed by atoms with Crippen molar-refractivity contribution in [1.82, 2.24) is 5.32 Å². The average molecular weight is 344 g/mol. The summed E-state index contributed by atoms with van der Waals surface area (Å²) < 4.78 is 5.71. The zero-order valence-corrected chi connectivity index (χ0v) is 15.8. The molecule has 1 aliphatic heterocycles. The Labute approximate surface area is 151 Å². The van der Waals surface area contributed by atoms with Gasteiger partial charge in [-0.1, -0.05) is 51.5 Å². The van der Waals surface area contributed by atoms with E-state index >= 15 is 0 Å². The predicted octanol–water partition coefficient (Wildman–Crippen LogP) is 3.03. The van der Waals surface area contributed by atoms with Crippen molar-refractivity contribution in [3.63, 3.8) is 0 Å². The molecule has 25 heavy (non-hydrogen) atoms. The molecule has 2 atom stereocenters. The molecule has 1 aromatic rings. The molecule has 0 unspecified atom stereocenters. The summed E-state index contributed by atoms with van der Waals surface area (Å²) in [6.07, 6.45) is 4.88. The van der Waals surface area contributed by atoms with Crippen LogP contribution >= 0.6 is 0 Å². The molecule has 0 aromatic heterocycles. The van der Waals surface area contributed by atoms with Gasteiger partial charge in [0.1, 0.15) is 6.10 Å². The van der Waals surface area contributed by atoms with E-state index in [9.17, 15) is 4.79 Å². The molecule has 4 heteroatoms. The highest BCUT2D eigenvalue weighted by atomic mass is 16.5. The van der Waals surface area contributed by atoms with E-state index in [1.807, 2.05) is 0 Å². The van der Waals surface area contributed by atoms with Gasteiger partial charge in [0, 0.05) is 18.5 Å². The smallest absolute Gasteiger partial charge is 0.249 e.